The Labute approximate surface area is 177 Å². The van der Waals surface area contributed by atoms with Gasteiger partial charge in [-0.3, -0.25) is 14.3 Å². The van der Waals surface area contributed by atoms with Crippen molar-refractivity contribution >= 4 is 23.4 Å². The number of amides is 2. The van der Waals surface area contributed by atoms with E-state index in [4.69, 9.17) is 16.3 Å². The Kier molecular flexibility index (Phi) is 4.32. The maximum atomic E-state index is 13.4. The van der Waals surface area contributed by atoms with E-state index in [1.807, 2.05) is 11.7 Å². The Morgan fingerprint density at radius 2 is 1.97 bits per heavy atom. The Bertz CT molecular complexity index is 1050. The van der Waals surface area contributed by atoms with Crippen molar-refractivity contribution < 1.29 is 18.7 Å². The van der Waals surface area contributed by atoms with Crippen LogP contribution in [0.25, 0.3) is 0 Å². The predicted molar refractivity (Wildman–Crippen MR) is 107 cm³/mol. The van der Waals surface area contributed by atoms with Gasteiger partial charge in [-0.05, 0) is 50.7 Å². The van der Waals surface area contributed by atoms with Gasteiger partial charge in [-0.15, -0.1) is 0 Å². The molecule has 3 saturated carbocycles. The third-order valence-electron chi connectivity index (χ3n) is 6.40. The molecular formula is C21H22ClFN4O3. The van der Waals surface area contributed by atoms with Crippen LogP contribution in [0.5, 0.6) is 5.75 Å². The lowest BCUT2D eigenvalue weighted by molar-refractivity contribution is -0.141. The Balaban J connectivity index is 1.12. The molecule has 9 heteroatoms. The van der Waals surface area contributed by atoms with E-state index in [0.717, 1.165) is 36.6 Å². The number of halogens is 2. The third-order valence-corrected chi connectivity index (χ3v) is 6.71. The quantitative estimate of drug-likeness (QED) is 0.733. The minimum Gasteiger partial charge on any atom is -0.484 e. The highest BCUT2D eigenvalue weighted by Gasteiger charge is 2.69. The molecule has 0 aliphatic heterocycles. The lowest BCUT2D eigenvalue weighted by Gasteiger charge is -2.70. The van der Waals surface area contributed by atoms with Gasteiger partial charge >= 0.3 is 0 Å². The van der Waals surface area contributed by atoms with Crippen molar-refractivity contribution in [2.75, 3.05) is 6.61 Å². The van der Waals surface area contributed by atoms with Crippen LogP contribution in [-0.4, -0.2) is 39.3 Å². The Morgan fingerprint density at radius 1 is 1.23 bits per heavy atom. The highest BCUT2D eigenvalue weighted by Crippen LogP contribution is 2.60. The van der Waals surface area contributed by atoms with Crippen LogP contribution >= 0.6 is 11.6 Å². The van der Waals surface area contributed by atoms with Crippen LogP contribution in [0.4, 0.5) is 4.39 Å². The SMILES string of the molecule is Cn1nc(C(=O)NC23CC(NC(=O)COc4ccc(Cl)c(F)c4)(C2)C3)c2c1CCC2. The van der Waals surface area contributed by atoms with E-state index >= 15 is 0 Å². The standard InChI is InChI=1S/C21H22ClFN4O3/c1-27-16-4-2-3-13(16)18(26-27)19(29)25-21-9-20(10-21,11-21)24-17(28)8-30-12-5-6-14(22)15(23)7-12/h5-7H,2-4,8-11H2,1H3,(H,24,28)(H,25,29). The van der Waals surface area contributed by atoms with E-state index in [2.05, 4.69) is 15.7 Å². The normalized spacial score (nSPS) is 25.7. The smallest absolute Gasteiger partial charge is 0.272 e. The van der Waals surface area contributed by atoms with Gasteiger partial charge in [0.25, 0.3) is 11.8 Å². The second-order valence-electron chi connectivity index (χ2n) is 8.71. The summed E-state index contributed by atoms with van der Waals surface area (Å²) >= 11 is 5.63. The molecular weight excluding hydrogens is 411 g/mol. The van der Waals surface area contributed by atoms with Crippen molar-refractivity contribution in [1.29, 1.82) is 0 Å². The van der Waals surface area contributed by atoms with Crippen LogP contribution in [0.15, 0.2) is 18.2 Å². The van der Waals surface area contributed by atoms with E-state index in [1.165, 1.54) is 12.1 Å². The second-order valence-corrected chi connectivity index (χ2v) is 9.12. The third kappa shape index (κ3) is 3.14. The molecule has 7 nitrogen and oxygen atoms in total. The van der Waals surface area contributed by atoms with Gasteiger partial charge in [-0.25, -0.2) is 4.39 Å². The molecule has 1 heterocycles. The van der Waals surface area contributed by atoms with Crippen LogP contribution in [0, 0.1) is 5.82 Å². The van der Waals surface area contributed by atoms with Crippen LogP contribution in [-0.2, 0) is 24.7 Å². The molecule has 0 radical (unpaired) electrons. The van der Waals surface area contributed by atoms with Crippen LogP contribution in [0.3, 0.4) is 0 Å². The summed E-state index contributed by atoms with van der Waals surface area (Å²) in [6.07, 6.45) is 5.02. The average molecular weight is 433 g/mol. The lowest BCUT2D eigenvalue weighted by Crippen LogP contribution is -2.84. The van der Waals surface area contributed by atoms with Crippen molar-refractivity contribution in [3.05, 3.63) is 46.0 Å². The molecule has 30 heavy (non-hydrogen) atoms. The van der Waals surface area contributed by atoms with Gasteiger partial charge in [-0.2, -0.15) is 5.10 Å². The van der Waals surface area contributed by atoms with Gasteiger partial charge in [0.2, 0.25) is 0 Å². The van der Waals surface area contributed by atoms with Gasteiger partial charge in [0.1, 0.15) is 11.6 Å². The summed E-state index contributed by atoms with van der Waals surface area (Å²) in [6.45, 7) is -0.206. The summed E-state index contributed by atoms with van der Waals surface area (Å²) in [7, 11) is 1.88. The summed E-state index contributed by atoms with van der Waals surface area (Å²) in [5, 5.41) is 10.5. The number of hydrogen-bond donors (Lipinski definition) is 2. The summed E-state index contributed by atoms with van der Waals surface area (Å²) < 4.78 is 20.6. The van der Waals surface area contributed by atoms with Crippen molar-refractivity contribution in [3.63, 3.8) is 0 Å². The molecule has 1 aromatic carbocycles. The van der Waals surface area contributed by atoms with Crippen molar-refractivity contribution in [1.82, 2.24) is 20.4 Å². The molecule has 158 valence electrons. The molecule has 3 fully saturated rings. The number of aryl methyl sites for hydroxylation is 1. The zero-order valence-electron chi connectivity index (χ0n) is 16.6. The molecule has 6 rings (SSSR count). The number of carbonyl (C=O) groups excluding carboxylic acids is 2. The number of nitrogens with zero attached hydrogens (tertiary/aromatic N) is 2. The lowest BCUT2D eigenvalue weighted by atomic mass is 9.44. The first-order valence-corrected chi connectivity index (χ1v) is 10.4. The maximum absolute atomic E-state index is 13.4. The van der Waals surface area contributed by atoms with Gasteiger partial charge < -0.3 is 15.4 Å². The fourth-order valence-corrected chi connectivity index (χ4v) is 5.31. The van der Waals surface area contributed by atoms with E-state index < -0.39 is 5.82 Å². The van der Waals surface area contributed by atoms with Crippen LogP contribution in [0.2, 0.25) is 5.02 Å². The predicted octanol–water partition coefficient (Wildman–Crippen LogP) is 2.30. The van der Waals surface area contributed by atoms with Crippen LogP contribution < -0.4 is 15.4 Å². The highest BCUT2D eigenvalue weighted by atomic mass is 35.5. The summed E-state index contributed by atoms with van der Waals surface area (Å²) in [4.78, 5) is 25.0. The Morgan fingerprint density at radius 3 is 2.70 bits per heavy atom. The molecule has 4 aliphatic rings. The van der Waals surface area contributed by atoms with Gasteiger partial charge in [0.15, 0.2) is 12.3 Å². The van der Waals surface area contributed by atoms with Gasteiger partial charge in [-0.1, -0.05) is 11.6 Å². The van der Waals surface area contributed by atoms with Crippen LogP contribution in [0.1, 0.15) is 47.4 Å². The first kappa shape index (κ1) is 19.4. The van der Waals surface area contributed by atoms with Crippen molar-refractivity contribution in [2.45, 2.75) is 49.6 Å². The maximum Gasteiger partial charge on any atom is 0.272 e. The molecule has 0 saturated heterocycles. The average Bonchev–Trinajstić information content (AvgIpc) is 3.24. The molecule has 2 aromatic rings. The molecule has 0 atom stereocenters. The Hall–Kier alpha value is -2.61. The zero-order valence-corrected chi connectivity index (χ0v) is 17.3. The fraction of sp³-hybridized carbons (Fsp3) is 0.476. The second kappa shape index (κ2) is 6.70. The number of benzene rings is 1. The molecule has 2 amide bonds. The number of fused-ring (bicyclic) bond motifs is 1. The molecule has 4 aliphatic carbocycles. The summed E-state index contributed by atoms with van der Waals surface area (Å²) in [5.41, 5.74) is 2.22. The van der Waals surface area contributed by atoms with E-state index in [1.54, 1.807) is 0 Å². The number of carbonyl (C=O) groups is 2. The number of ether oxygens (including phenoxy) is 1. The van der Waals surface area contributed by atoms with Gasteiger partial charge in [0, 0.05) is 35.4 Å². The highest BCUT2D eigenvalue weighted by molar-refractivity contribution is 6.30. The topological polar surface area (TPSA) is 85.3 Å². The molecule has 0 unspecified atom stereocenters. The summed E-state index contributed by atoms with van der Waals surface area (Å²) in [6, 6.07) is 4.04. The molecule has 0 spiro atoms. The monoisotopic (exact) mass is 432 g/mol. The molecule has 2 bridgehead atoms. The van der Waals surface area contributed by atoms with Crippen molar-refractivity contribution in [3.8, 4) is 5.75 Å². The van der Waals surface area contributed by atoms with E-state index in [-0.39, 0.29) is 40.3 Å². The number of nitrogens with one attached hydrogen (secondary N) is 2. The number of rotatable bonds is 6. The minimum absolute atomic E-state index is 0.00340. The minimum atomic E-state index is -0.592. The summed E-state index contributed by atoms with van der Waals surface area (Å²) in [5.74, 6) is -0.740. The van der Waals surface area contributed by atoms with Crippen molar-refractivity contribution in [2.24, 2.45) is 7.05 Å². The largest absolute Gasteiger partial charge is 0.484 e. The van der Waals surface area contributed by atoms with E-state index in [0.29, 0.717) is 25.0 Å². The molecule has 2 N–H and O–H groups in total. The zero-order chi connectivity index (χ0) is 21.1. The fourth-order valence-electron chi connectivity index (χ4n) is 5.19. The first-order chi connectivity index (χ1) is 14.3. The number of hydrogen-bond acceptors (Lipinski definition) is 4. The van der Waals surface area contributed by atoms with Gasteiger partial charge in [0.05, 0.1) is 5.02 Å². The first-order valence-electron chi connectivity index (χ1n) is 10.0. The van der Waals surface area contributed by atoms with E-state index in [9.17, 15) is 14.0 Å². The number of aromatic nitrogens is 2. The molecule has 1 aromatic heterocycles.